The van der Waals surface area contributed by atoms with Gasteiger partial charge in [-0.15, -0.1) is 0 Å². The van der Waals surface area contributed by atoms with Crippen molar-refractivity contribution in [3.05, 3.63) is 95.6 Å². The normalized spacial score (nSPS) is 9.67. The van der Waals surface area contributed by atoms with Crippen LogP contribution in [0.1, 0.15) is 21.5 Å². The fourth-order valence-electron chi connectivity index (χ4n) is 2.43. The minimum atomic E-state index is 0.0154. The van der Waals surface area contributed by atoms with Gasteiger partial charge >= 0.3 is 0 Å². The molecule has 0 fully saturated rings. The first-order chi connectivity index (χ1) is 11.8. The molecule has 3 aromatic rings. The van der Waals surface area contributed by atoms with Gasteiger partial charge in [0.05, 0.1) is 0 Å². The summed E-state index contributed by atoms with van der Waals surface area (Å²) in [7, 11) is 0. The Morgan fingerprint density at radius 1 is 0.708 bits per heavy atom. The van der Waals surface area contributed by atoms with E-state index in [0.29, 0.717) is 17.4 Å². The van der Waals surface area contributed by atoms with Crippen molar-refractivity contribution in [2.24, 2.45) is 0 Å². The number of carbonyl (C=O) groups excluding carboxylic acids is 2. The summed E-state index contributed by atoms with van der Waals surface area (Å²) < 4.78 is 0. The van der Waals surface area contributed by atoms with Gasteiger partial charge in [0.25, 0.3) is 0 Å². The molecule has 3 rings (SSSR count). The summed E-state index contributed by atoms with van der Waals surface area (Å²) in [5.74, 6) is 5.16. The quantitative estimate of drug-likeness (QED) is 0.414. The standard InChI is InChI=1S/C22H14O2/c23-16-4-5-17-8-10-18(11-9-17)19-12-14-21(15-13-19)22(24)20-6-2-1-3-7-20/h1-3,6-16H. The van der Waals surface area contributed by atoms with Crippen molar-refractivity contribution in [3.8, 4) is 23.0 Å². The second-order valence-electron chi connectivity index (χ2n) is 5.24. The summed E-state index contributed by atoms with van der Waals surface area (Å²) in [5.41, 5.74) is 4.20. The smallest absolute Gasteiger partial charge is 0.193 e. The van der Waals surface area contributed by atoms with E-state index in [0.717, 1.165) is 16.7 Å². The van der Waals surface area contributed by atoms with Gasteiger partial charge in [-0.2, -0.15) is 0 Å². The molecule has 24 heavy (non-hydrogen) atoms. The molecule has 2 heteroatoms. The predicted octanol–water partition coefficient (Wildman–Crippen LogP) is 4.14. The molecule has 0 aromatic heterocycles. The molecule has 0 saturated carbocycles. The summed E-state index contributed by atoms with van der Waals surface area (Å²) in [6.07, 6.45) is 0.580. The minimum Gasteiger partial charge on any atom is -0.289 e. The second kappa shape index (κ2) is 7.21. The zero-order chi connectivity index (χ0) is 16.8. The summed E-state index contributed by atoms with van der Waals surface area (Å²) in [5, 5.41) is 0. The molecule has 0 atom stereocenters. The van der Waals surface area contributed by atoms with Gasteiger partial charge in [-0.05, 0) is 29.2 Å². The van der Waals surface area contributed by atoms with Crippen LogP contribution in [0.15, 0.2) is 78.9 Å². The maximum absolute atomic E-state index is 12.4. The lowest BCUT2D eigenvalue weighted by Crippen LogP contribution is -2.00. The van der Waals surface area contributed by atoms with Crippen LogP contribution in [0, 0.1) is 11.8 Å². The maximum atomic E-state index is 12.4. The monoisotopic (exact) mass is 310 g/mol. The van der Waals surface area contributed by atoms with E-state index in [2.05, 4.69) is 11.8 Å². The van der Waals surface area contributed by atoms with E-state index < -0.39 is 0 Å². The zero-order valence-electron chi connectivity index (χ0n) is 12.9. The number of benzene rings is 3. The molecule has 0 heterocycles. The van der Waals surface area contributed by atoms with Crippen molar-refractivity contribution in [2.45, 2.75) is 0 Å². The van der Waals surface area contributed by atoms with E-state index in [4.69, 9.17) is 0 Å². The van der Waals surface area contributed by atoms with Crippen LogP contribution in [-0.4, -0.2) is 12.1 Å². The molecular formula is C22H14O2. The van der Waals surface area contributed by atoms with Crippen molar-refractivity contribution in [2.75, 3.05) is 0 Å². The highest BCUT2D eigenvalue weighted by molar-refractivity contribution is 6.09. The van der Waals surface area contributed by atoms with Crippen LogP contribution in [0.2, 0.25) is 0 Å². The lowest BCUT2D eigenvalue weighted by atomic mass is 9.99. The average Bonchev–Trinajstić information content (AvgIpc) is 2.67. The molecule has 0 aliphatic carbocycles. The molecular weight excluding hydrogens is 296 g/mol. The van der Waals surface area contributed by atoms with Crippen molar-refractivity contribution in [1.82, 2.24) is 0 Å². The summed E-state index contributed by atoms with van der Waals surface area (Å²) in [6, 6.07) is 24.4. The second-order valence-corrected chi connectivity index (χ2v) is 5.24. The lowest BCUT2D eigenvalue weighted by Gasteiger charge is -2.05. The van der Waals surface area contributed by atoms with Crippen molar-refractivity contribution >= 4 is 12.1 Å². The van der Waals surface area contributed by atoms with Crippen molar-refractivity contribution in [1.29, 1.82) is 0 Å². The number of aldehydes is 1. The Hall–Kier alpha value is -3.44. The molecule has 0 bridgehead atoms. The fourth-order valence-corrected chi connectivity index (χ4v) is 2.43. The fraction of sp³-hybridized carbons (Fsp3) is 0. The molecule has 0 saturated heterocycles. The van der Waals surface area contributed by atoms with E-state index in [9.17, 15) is 9.59 Å². The van der Waals surface area contributed by atoms with E-state index in [-0.39, 0.29) is 5.78 Å². The largest absolute Gasteiger partial charge is 0.289 e. The Kier molecular flexibility index (Phi) is 4.65. The van der Waals surface area contributed by atoms with Crippen LogP contribution in [0.3, 0.4) is 0 Å². The summed E-state index contributed by atoms with van der Waals surface area (Å²) >= 11 is 0. The van der Waals surface area contributed by atoms with Gasteiger partial charge in [0.2, 0.25) is 0 Å². The first-order valence-electron chi connectivity index (χ1n) is 7.53. The molecule has 0 N–H and O–H groups in total. The molecule has 0 aliphatic heterocycles. The molecule has 3 aromatic carbocycles. The van der Waals surface area contributed by atoms with Crippen LogP contribution in [0.5, 0.6) is 0 Å². The Morgan fingerprint density at radius 3 is 1.83 bits per heavy atom. The van der Waals surface area contributed by atoms with E-state index in [1.165, 1.54) is 0 Å². The number of rotatable bonds is 3. The highest BCUT2D eigenvalue weighted by Crippen LogP contribution is 2.21. The van der Waals surface area contributed by atoms with Gasteiger partial charge < -0.3 is 0 Å². The minimum absolute atomic E-state index is 0.0154. The number of carbonyl (C=O) groups is 2. The number of hydrogen-bond donors (Lipinski definition) is 0. The number of ketones is 1. The van der Waals surface area contributed by atoms with Gasteiger partial charge in [-0.3, -0.25) is 9.59 Å². The van der Waals surface area contributed by atoms with Crippen LogP contribution >= 0.6 is 0 Å². The summed E-state index contributed by atoms with van der Waals surface area (Å²) in [4.78, 5) is 22.7. The zero-order valence-corrected chi connectivity index (χ0v) is 12.9. The Bertz CT molecular complexity index is 910. The summed E-state index contributed by atoms with van der Waals surface area (Å²) in [6.45, 7) is 0. The molecule has 114 valence electrons. The predicted molar refractivity (Wildman–Crippen MR) is 94.7 cm³/mol. The molecule has 0 radical (unpaired) electrons. The van der Waals surface area contributed by atoms with E-state index in [1.54, 1.807) is 0 Å². The van der Waals surface area contributed by atoms with Crippen LogP contribution < -0.4 is 0 Å². The lowest BCUT2D eigenvalue weighted by molar-refractivity contribution is -0.103. The molecule has 0 aliphatic rings. The van der Waals surface area contributed by atoms with Gasteiger partial charge in [0, 0.05) is 16.7 Å². The van der Waals surface area contributed by atoms with Crippen LogP contribution in [0.25, 0.3) is 11.1 Å². The van der Waals surface area contributed by atoms with Gasteiger partial charge in [0.1, 0.15) is 0 Å². The first kappa shape index (κ1) is 15.5. The molecule has 0 spiro atoms. The van der Waals surface area contributed by atoms with E-state index in [1.807, 2.05) is 78.9 Å². The van der Waals surface area contributed by atoms with Gasteiger partial charge in [-0.25, -0.2) is 0 Å². The third kappa shape index (κ3) is 3.48. The van der Waals surface area contributed by atoms with E-state index >= 15 is 0 Å². The maximum Gasteiger partial charge on any atom is 0.193 e. The molecule has 0 amide bonds. The molecule has 0 unspecified atom stereocenters. The Morgan fingerprint density at radius 2 is 1.25 bits per heavy atom. The molecule has 2 nitrogen and oxygen atoms in total. The highest BCUT2D eigenvalue weighted by atomic mass is 16.1. The van der Waals surface area contributed by atoms with Crippen LogP contribution in [-0.2, 0) is 4.79 Å². The third-order valence-corrected chi connectivity index (χ3v) is 3.68. The highest BCUT2D eigenvalue weighted by Gasteiger charge is 2.08. The topological polar surface area (TPSA) is 34.1 Å². The van der Waals surface area contributed by atoms with Gasteiger partial charge in [-0.1, -0.05) is 72.7 Å². The van der Waals surface area contributed by atoms with Crippen molar-refractivity contribution in [3.63, 3.8) is 0 Å². The SMILES string of the molecule is O=CC#Cc1ccc(-c2ccc(C(=O)c3ccccc3)cc2)cc1. The van der Waals surface area contributed by atoms with Crippen molar-refractivity contribution < 1.29 is 9.59 Å². The Labute approximate surface area is 140 Å². The van der Waals surface area contributed by atoms with Crippen LogP contribution in [0.4, 0.5) is 0 Å². The van der Waals surface area contributed by atoms with Gasteiger partial charge in [0.15, 0.2) is 12.1 Å². The third-order valence-electron chi connectivity index (χ3n) is 3.68. The first-order valence-corrected chi connectivity index (χ1v) is 7.53. The Balaban J connectivity index is 1.82. The average molecular weight is 310 g/mol. The number of hydrogen-bond acceptors (Lipinski definition) is 2.